The van der Waals surface area contributed by atoms with Gasteiger partial charge in [-0.1, -0.05) is 30.7 Å². The maximum atomic E-state index is 12.4. The molecule has 2 atom stereocenters. The zero-order chi connectivity index (χ0) is 69.1. The van der Waals surface area contributed by atoms with Gasteiger partial charge in [-0.3, -0.25) is 4.79 Å². The highest BCUT2D eigenvalue weighted by atomic mass is 16.4. The van der Waals surface area contributed by atoms with E-state index in [1.807, 2.05) is 11.9 Å². The van der Waals surface area contributed by atoms with E-state index in [1.165, 1.54) is 7.06 Å². The lowest BCUT2D eigenvalue weighted by Gasteiger charge is -2.50. The van der Waals surface area contributed by atoms with Gasteiger partial charge in [0.15, 0.2) is 0 Å². The highest BCUT2D eigenvalue weighted by molar-refractivity contribution is 8.29. The second-order valence-electron chi connectivity index (χ2n) is 22.9. The standard InChI is InChI=1S/C19H33BN4O5.B30.B29/c1-22-16(9-5-6-11-21)18(25)23-17(19(26)27)10-12-24(2)13-14-7-3-4-8-15(14)20(28)29;1-17(2)25(18(3)4)29(26(19(5)6)20(7)8)30(27(21(9)10)22(11)12)28(23(13)14)24(15)16;1-16-24(17(2)3)28(25(18(4)5)19(6)7)29(26(20(8)9)21(10)11)27(22(12)13)23(14)15/h3-4,7-8,16-17,22,28-29H,5-6,9-13,21H2,1-2H3,(H,23,25)(H,26,27);;. The van der Waals surface area contributed by atoms with Crippen LogP contribution in [0.5, 0.6) is 0 Å². The Morgan fingerprint density at radius 3 is 1.05 bits per heavy atom. The fraction of sp³-hybridized carbons (Fsp3) is 0.579. The summed E-state index contributed by atoms with van der Waals surface area (Å²) in [7, 11) is 189. The van der Waals surface area contributed by atoms with Crippen LogP contribution in [0.15, 0.2) is 24.3 Å². The van der Waals surface area contributed by atoms with E-state index in [0.717, 1.165) is 18.4 Å². The van der Waals surface area contributed by atoms with Gasteiger partial charge in [0.05, 0.1) is 6.04 Å². The van der Waals surface area contributed by atoms with Crippen molar-refractivity contribution in [2.45, 2.75) is 44.3 Å². The van der Waals surface area contributed by atoms with Gasteiger partial charge in [-0.25, -0.2) is 4.79 Å². The summed E-state index contributed by atoms with van der Waals surface area (Å²) in [6.07, 6.45) is -23.2. The van der Waals surface area contributed by atoms with Crippen molar-refractivity contribution < 1.29 is 24.7 Å². The van der Waals surface area contributed by atoms with Crippen molar-refractivity contribution in [2.75, 3.05) is 27.2 Å². The first-order chi connectivity index (χ1) is 40.6. The summed E-state index contributed by atoms with van der Waals surface area (Å²) in [6.45, 7) is 1.38. The van der Waals surface area contributed by atoms with Crippen molar-refractivity contribution in [3.8, 4) is 0 Å². The normalized spacial score (nSPS) is 10.7. The van der Waals surface area contributed by atoms with E-state index < -0.39 is 198 Å². The quantitative estimate of drug-likeness (QED) is 0.0281. The number of carbonyl (C=O) groups excluding carboxylic acids is 1. The fourth-order valence-electron chi connectivity index (χ4n) is 12.1. The van der Waals surface area contributed by atoms with Gasteiger partial charge in [0.2, 0.25) is 5.91 Å². The van der Waals surface area contributed by atoms with E-state index in [0.29, 0.717) is 31.5 Å². The van der Waals surface area contributed by atoms with Crippen molar-refractivity contribution in [1.82, 2.24) is 15.5 Å². The molecule has 0 saturated carbocycles. The summed E-state index contributed by atoms with van der Waals surface area (Å²) in [5.74, 6) is -1.43. The molecule has 63 radical (unpaired) electrons. The zero-order valence-electron chi connectivity index (χ0n) is 51.2. The van der Waals surface area contributed by atoms with Gasteiger partial charge >= 0.3 is 13.1 Å². The number of nitrogens with zero attached hydrogens (tertiary/aromatic N) is 1. The van der Waals surface area contributed by atoms with E-state index in [1.54, 1.807) is 31.3 Å². The third-order valence-electron chi connectivity index (χ3n) is 16.1. The molecular formula is C19H33B60N4O5. The Morgan fingerprint density at radius 2 is 0.784 bits per heavy atom. The molecule has 2 unspecified atom stereocenters. The number of nitrogens with two attached hydrogens (primary N) is 1. The molecule has 0 aliphatic carbocycles. The van der Waals surface area contributed by atoms with Crippen LogP contribution >= 0.6 is 0 Å². The summed E-state index contributed by atoms with van der Waals surface area (Å²) in [4.78, 5) is 25.9. The maximum absolute atomic E-state index is 12.4. The SMILES string of the molecule is CNC(CCCCN)C(=O)NC(CCN(C)Cc1ccccc1B(O)O)C(=O)O.[B]B([B])B(B([B])[B])B(B(B([B])[B])B([B])[B])B(B(B([B])[B])B([B])[B])B(B([B])[B])B([B])[B].[B][B]B(B([B])[B])B(B(B([B])[B])B([B])[B])B(B(B([B])[B])B([B])[B])B(B([B])[B])B([B])[B]. The monoisotopic (exact) mass is 1060 g/mol. The third kappa shape index (κ3) is 30.7. The topological polar surface area (TPSA) is 148 Å². The minimum Gasteiger partial charge on any atom is -0.480 e. The Bertz CT molecular complexity index is 1840. The summed E-state index contributed by atoms with van der Waals surface area (Å²) in [5.41, 5.74) is 6.63. The second kappa shape index (κ2) is 47.0. The van der Waals surface area contributed by atoms with E-state index in [-0.39, 0.29) is 12.3 Å². The molecule has 0 bridgehead atoms. The Morgan fingerprint density at radius 1 is 0.477 bits per heavy atom. The van der Waals surface area contributed by atoms with Gasteiger partial charge < -0.3 is 36.4 Å². The van der Waals surface area contributed by atoms with E-state index in [4.69, 9.17) is 246 Å². The molecule has 0 spiro atoms. The zero-order valence-corrected chi connectivity index (χ0v) is 51.2. The van der Waals surface area contributed by atoms with Gasteiger partial charge in [-0.05, 0) is 50.9 Å². The van der Waals surface area contributed by atoms with Gasteiger partial charge in [0.25, 0.3) is 0 Å². The molecule has 9 nitrogen and oxygen atoms in total. The highest BCUT2D eigenvalue weighted by Crippen LogP contribution is 2.16. The predicted molar refractivity (Wildman–Crippen MR) is 452 cm³/mol. The molecule has 0 aromatic heterocycles. The van der Waals surface area contributed by atoms with Crippen molar-refractivity contribution in [3.63, 3.8) is 0 Å². The largest absolute Gasteiger partial charge is 0.488 e. The van der Waals surface area contributed by atoms with E-state index in [9.17, 15) is 24.7 Å². The number of nitrogens with one attached hydrogen (secondary N) is 2. The lowest BCUT2D eigenvalue weighted by atomic mass is 8.31. The summed E-state index contributed by atoms with van der Waals surface area (Å²) >= 11 is 0. The molecule has 1 aromatic rings. The number of likely N-dealkylation sites (N-methyl/N-ethyl adjacent to an activating group) is 1. The number of unbranched alkanes of at least 4 members (excludes halogenated alkanes) is 1. The number of carboxylic acids is 1. The molecular weight excluding hydrogens is 1010 g/mol. The van der Waals surface area contributed by atoms with Crippen LogP contribution in [0.25, 0.3) is 0 Å². The molecule has 0 fully saturated rings. The highest BCUT2D eigenvalue weighted by Gasteiger charge is 2.54. The number of benzene rings is 1. The first-order valence-corrected chi connectivity index (χ1v) is 28.8. The van der Waals surface area contributed by atoms with Crippen molar-refractivity contribution in [2.24, 2.45) is 5.73 Å². The van der Waals surface area contributed by atoms with Crippen LogP contribution in [-0.2, 0) is 16.1 Å². The van der Waals surface area contributed by atoms with Crippen molar-refractivity contribution >= 4 is 444 Å². The van der Waals surface area contributed by atoms with Crippen LogP contribution in [0.4, 0.5) is 0 Å². The number of rotatable bonds is 40. The summed E-state index contributed by atoms with van der Waals surface area (Å²) in [6, 6.07) is 5.49. The number of aliphatic carboxylic acids is 1. The second-order valence-corrected chi connectivity index (χ2v) is 22.9. The summed E-state index contributed by atoms with van der Waals surface area (Å²) in [5, 5.41) is 33.9. The van der Waals surface area contributed by atoms with Gasteiger partial charge in [-0.15, -0.1) is 0 Å². The molecule has 1 amide bonds. The molecule has 0 aliphatic rings. The van der Waals surface area contributed by atoms with Gasteiger partial charge in [-0.2, -0.15) is 0 Å². The Balaban J connectivity index is 0. The smallest absolute Gasteiger partial charge is 0.480 e. The summed E-state index contributed by atoms with van der Waals surface area (Å²) < 4.78 is 0. The van der Waals surface area contributed by atoms with Crippen LogP contribution in [-0.4, -0.2) is 498 Å². The van der Waals surface area contributed by atoms with E-state index >= 15 is 0 Å². The molecule has 0 aliphatic heterocycles. The molecule has 1 aromatic carbocycles. The third-order valence-corrected chi connectivity index (χ3v) is 16.1. The van der Waals surface area contributed by atoms with Crippen LogP contribution in [0.2, 0.25) is 0 Å². The molecule has 0 heterocycles. The van der Waals surface area contributed by atoms with E-state index in [2.05, 4.69) is 10.6 Å². The predicted octanol–water partition coefficient (Wildman–Crippen LogP) is -24.0. The number of hydrogen-bond acceptors (Lipinski definition) is 7. The molecule has 69 heteroatoms. The van der Waals surface area contributed by atoms with Crippen LogP contribution < -0.4 is 21.8 Å². The Kier molecular flexibility index (Phi) is 49.0. The molecule has 339 valence electrons. The lowest BCUT2D eigenvalue weighted by Crippen LogP contribution is -2.88. The van der Waals surface area contributed by atoms with Crippen LogP contribution in [0, 0.1) is 0 Å². The van der Waals surface area contributed by atoms with Crippen molar-refractivity contribution in [1.29, 1.82) is 0 Å². The average Bonchev–Trinajstić information content (AvgIpc) is 1.64. The van der Waals surface area contributed by atoms with Gasteiger partial charge in [0, 0.05) is 432 Å². The number of amides is 1. The Labute approximate surface area is 586 Å². The van der Waals surface area contributed by atoms with Crippen LogP contribution in [0.1, 0.15) is 31.2 Å². The number of carboxylic acid groups (broad SMARTS) is 1. The minimum absolute atomic E-state index is 0.223. The Hall–Kier alpha value is 1.86. The lowest BCUT2D eigenvalue weighted by molar-refractivity contribution is -0.142. The minimum atomic E-state index is -1.57. The number of hydrogen-bond donors (Lipinski definition) is 6. The first-order valence-electron chi connectivity index (χ1n) is 28.8. The van der Waals surface area contributed by atoms with Crippen LogP contribution in [0.3, 0.4) is 0 Å². The fourth-order valence-corrected chi connectivity index (χ4v) is 12.1. The van der Waals surface area contributed by atoms with Crippen molar-refractivity contribution in [3.05, 3.63) is 29.8 Å². The maximum Gasteiger partial charge on any atom is 0.488 e. The van der Waals surface area contributed by atoms with Gasteiger partial charge in [0.1, 0.15) is 6.04 Å². The number of carbonyl (C=O) groups is 2. The molecule has 0 saturated heterocycles. The molecule has 7 N–H and O–H groups in total. The molecule has 1 rings (SSSR count). The molecule has 88 heavy (non-hydrogen) atoms. The average molecular weight is 1050 g/mol. The first kappa shape index (κ1) is 91.9.